The molecule has 0 aliphatic carbocycles. The van der Waals surface area contributed by atoms with Crippen molar-refractivity contribution in [3.05, 3.63) is 70.2 Å². The average Bonchev–Trinajstić information content (AvgIpc) is 2.60. The minimum atomic E-state index is -0.447. The molecule has 26 heavy (non-hydrogen) atoms. The van der Waals surface area contributed by atoms with Crippen LogP contribution in [0.3, 0.4) is 0 Å². The van der Waals surface area contributed by atoms with E-state index >= 15 is 0 Å². The van der Waals surface area contributed by atoms with Gasteiger partial charge in [-0.25, -0.2) is 9.59 Å². The second kappa shape index (κ2) is 9.25. The van der Waals surface area contributed by atoms with Crippen LogP contribution in [0.1, 0.15) is 48.4 Å². The minimum absolute atomic E-state index is 0.0762. The van der Waals surface area contributed by atoms with Crippen molar-refractivity contribution >= 4 is 23.6 Å². The van der Waals surface area contributed by atoms with Crippen LogP contribution in [-0.4, -0.2) is 18.0 Å². The molecule has 2 aromatic rings. The van der Waals surface area contributed by atoms with Crippen LogP contribution in [0.4, 0.5) is 4.79 Å². The number of hydrogen-bond acceptors (Lipinski definition) is 3. The van der Waals surface area contributed by atoms with Gasteiger partial charge in [0.1, 0.15) is 6.10 Å². The van der Waals surface area contributed by atoms with Gasteiger partial charge in [-0.05, 0) is 44.5 Å². The molecule has 0 saturated carbocycles. The van der Waals surface area contributed by atoms with Crippen LogP contribution in [0.25, 0.3) is 0 Å². The van der Waals surface area contributed by atoms with E-state index in [1.54, 1.807) is 37.3 Å². The van der Waals surface area contributed by atoms with E-state index in [2.05, 4.69) is 10.6 Å². The second-order valence-corrected chi connectivity index (χ2v) is 6.65. The van der Waals surface area contributed by atoms with Crippen molar-refractivity contribution in [2.24, 2.45) is 0 Å². The fraction of sp³-hybridized carbons (Fsp3) is 0.300. The molecule has 2 rings (SSSR count). The van der Waals surface area contributed by atoms with Crippen molar-refractivity contribution in [1.82, 2.24) is 10.6 Å². The first-order chi connectivity index (χ1) is 12.4. The summed E-state index contributed by atoms with van der Waals surface area (Å²) in [7, 11) is 0. The average molecular weight is 375 g/mol. The first-order valence-corrected chi connectivity index (χ1v) is 8.83. The van der Waals surface area contributed by atoms with E-state index in [1.165, 1.54) is 0 Å². The van der Waals surface area contributed by atoms with Gasteiger partial charge in [0.15, 0.2) is 0 Å². The first kappa shape index (κ1) is 19.8. The van der Waals surface area contributed by atoms with Crippen LogP contribution in [0.15, 0.2) is 48.5 Å². The van der Waals surface area contributed by atoms with Gasteiger partial charge in [-0.2, -0.15) is 0 Å². The van der Waals surface area contributed by atoms with Gasteiger partial charge < -0.3 is 15.4 Å². The maximum Gasteiger partial charge on any atom is 0.338 e. The Bertz CT molecular complexity index is 760. The number of carbonyl (C=O) groups excluding carboxylic acids is 2. The molecule has 0 aromatic heterocycles. The lowest BCUT2D eigenvalue weighted by atomic mass is 10.1. The largest absolute Gasteiger partial charge is 0.454 e. The third kappa shape index (κ3) is 5.77. The summed E-state index contributed by atoms with van der Waals surface area (Å²) in [4.78, 5) is 23.9. The summed E-state index contributed by atoms with van der Waals surface area (Å²) in [6.07, 6.45) is -0.447. The molecular formula is C20H23ClN2O3. The molecule has 0 bridgehead atoms. The zero-order valence-electron chi connectivity index (χ0n) is 15.1. The van der Waals surface area contributed by atoms with Crippen LogP contribution < -0.4 is 10.6 Å². The van der Waals surface area contributed by atoms with E-state index in [-0.39, 0.29) is 12.1 Å². The van der Waals surface area contributed by atoms with E-state index < -0.39 is 12.1 Å². The van der Waals surface area contributed by atoms with E-state index in [0.717, 1.165) is 11.1 Å². The number of ether oxygens (including phenoxy) is 1. The summed E-state index contributed by atoms with van der Waals surface area (Å²) in [5.41, 5.74) is 2.10. The Morgan fingerprint density at radius 1 is 1.04 bits per heavy atom. The number of rotatable bonds is 6. The molecule has 0 unspecified atom stereocenters. The first-order valence-electron chi connectivity index (χ1n) is 8.45. The van der Waals surface area contributed by atoms with Crippen molar-refractivity contribution in [3.63, 3.8) is 0 Å². The molecule has 0 aliphatic rings. The standard InChI is InChI=1S/C20H23ClN2O3/c1-13(2)23-20(25)22-12-15-8-10-16(11-9-15)19(24)26-14(3)17-6-4-5-7-18(17)21/h4-11,13-14H,12H2,1-3H3,(H2,22,23,25)/t14-/m0/s1. The fourth-order valence-corrected chi connectivity index (χ4v) is 2.64. The third-order valence-corrected chi connectivity index (χ3v) is 4.03. The Morgan fingerprint density at radius 3 is 2.31 bits per heavy atom. The molecule has 0 heterocycles. The van der Waals surface area contributed by atoms with E-state index in [0.29, 0.717) is 17.1 Å². The summed E-state index contributed by atoms with van der Waals surface area (Å²) in [5, 5.41) is 6.07. The predicted molar refractivity (Wildman–Crippen MR) is 102 cm³/mol. The fourth-order valence-electron chi connectivity index (χ4n) is 2.35. The Balaban J connectivity index is 1.92. The van der Waals surface area contributed by atoms with Crippen molar-refractivity contribution in [2.45, 2.75) is 39.5 Å². The van der Waals surface area contributed by atoms with E-state index in [4.69, 9.17) is 16.3 Å². The highest BCUT2D eigenvalue weighted by molar-refractivity contribution is 6.31. The van der Waals surface area contributed by atoms with Gasteiger partial charge in [0.2, 0.25) is 0 Å². The molecule has 0 radical (unpaired) electrons. The Morgan fingerprint density at radius 2 is 1.69 bits per heavy atom. The van der Waals surface area contributed by atoms with Gasteiger partial charge >= 0.3 is 12.0 Å². The highest BCUT2D eigenvalue weighted by atomic mass is 35.5. The number of amides is 2. The van der Waals surface area contributed by atoms with Gasteiger partial charge in [0.05, 0.1) is 5.56 Å². The molecule has 2 aromatic carbocycles. The van der Waals surface area contributed by atoms with Crippen LogP contribution in [-0.2, 0) is 11.3 Å². The number of benzene rings is 2. The maximum absolute atomic E-state index is 12.3. The molecule has 1 atom stereocenters. The molecule has 2 N–H and O–H groups in total. The van der Waals surface area contributed by atoms with Gasteiger partial charge in [-0.15, -0.1) is 0 Å². The van der Waals surface area contributed by atoms with Gasteiger partial charge in [-0.1, -0.05) is 41.9 Å². The van der Waals surface area contributed by atoms with Crippen molar-refractivity contribution in [1.29, 1.82) is 0 Å². The van der Waals surface area contributed by atoms with E-state index in [1.807, 2.05) is 32.0 Å². The molecular weight excluding hydrogens is 352 g/mol. The Kier molecular flexibility index (Phi) is 7.04. The van der Waals surface area contributed by atoms with Crippen LogP contribution in [0.5, 0.6) is 0 Å². The zero-order valence-corrected chi connectivity index (χ0v) is 15.8. The van der Waals surface area contributed by atoms with Gasteiger partial charge in [0, 0.05) is 23.2 Å². The number of hydrogen-bond donors (Lipinski definition) is 2. The number of nitrogens with one attached hydrogen (secondary N) is 2. The molecule has 2 amide bonds. The number of urea groups is 1. The highest BCUT2D eigenvalue weighted by Gasteiger charge is 2.15. The van der Waals surface area contributed by atoms with Crippen LogP contribution in [0.2, 0.25) is 5.02 Å². The van der Waals surface area contributed by atoms with Crippen molar-refractivity contribution < 1.29 is 14.3 Å². The maximum atomic E-state index is 12.3. The second-order valence-electron chi connectivity index (χ2n) is 6.25. The van der Waals surface area contributed by atoms with Gasteiger partial charge in [0.25, 0.3) is 0 Å². The number of carbonyl (C=O) groups is 2. The minimum Gasteiger partial charge on any atom is -0.454 e. The molecule has 0 saturated heterocycles. The zero-order chi connectivity index (χ0) is 19.1. The van der Waals surface area contributed by atoms with E-state index in [9.17, 15) is 9.59 Å². The van der Waals surface area contributed by atoms with Crippen LogP contribution >= 0.6 is 11.6 Å². The molecule has 0 aliphatic heterocycles. The lowest BCUT2D eigenvalue weighted by Crippen LogP contribution is -2.39. The van der Waals surface area contributed by atoms with Crippen LogP contribution in [0, 0.1) is 0 Å². The smallest absolute Gasteiger partial charge is 0.338 e. The Hall–Kier alpha value is -2.53. The Labute approximate surface area is 158 Å². The normalized spacial score (nSPS) is 11.7. The monoisotopic (exact) mass is 374 g/mol. The summed E-state index contributed by atoms with van der Waals surface area (Å²) in [5.74, 6) is -0.422. The lowest BCUT2D eigenvalue weighted by Gasteiger charge is -2.15. The topological polar surface area (TPSA) is 67.4 Å². The van der Waals surface area contributed by atoms with Crippen molar-refractivity contribution in [3.8, 4) is 0 Å². The number of halogens is 1. The molecule has 5 nitrogen and oxygen atoms in total. The van der Waals surface area contributed by atoms with Crippen molar-refractivity contribution in [2.75, 3.05) is 0 Å². The quantitative estimate of drug-likeness (QED) is 0.733. The number of esters is 1. The summed E-state index contributed by atoms with van der Waals surface area (Å²) >= 11 is 6.13. The molecule has 0 fully saturated rings. The molecule has 0 spiro atoms. The molecule has 138 valence electrons. The third-order valence-electron chi connectivity index (χ3n) is 3.69. The SMILES string of the molecule is CC(C)NC(=O)NCc1ccc(C(=O)O[C@@H](C)c2ccccc2Cl)cc1. The van der Waals surface area contributed by atoms with Gasteiger partial charge in [-0.3, -0.25) is 0 Å². The summed E-state index contributed by atoms with van der Waals surface area (Å²) in [6.45, 7) is 5.95. The lowest BCUT2D eigenvalue weighted by molar-refractivity contribution is 0.0338. The summed E-state index contributed by atoms with van der Waals surface area (Å²) in [6, 6.07) is 14.0. The highest BCUT2D eigenvalue weighted by Crippen LogP contribution is 2.25. The summed E-state index contributed by atoms with van der Waals surface area (Å²) < 4.78 is 5.48. The predicted octanol–water partition coefficient (Wildman–Crippen LogP) is 4.47. The molecule has 6 heteroatoms.